The summed E-state index contributed by atoms with van der Waals surface area (Å²) in [5.41, 5.74) is 7.04. The van der Waals surface area contributed by atoms with E-state index < -0.39 is 11.2 Å². The van der Waals surface area contributed by atoms with Crippen molar-refractivity contribution in [1.29, 1.82) is 0 Å². The lowest BCUT2D eigenvalue weighted by molar-refractivity contribution is -0.117. The van der Waals surface area contributed by atoms with Crippen LogP contribution in [0.4, 0.5) is 0 Å². The molecule has 128 valence electrons. The van der Waals surface area contributed by atoms with Crippen LogP contribution in [-0.4, -0.2) is 27.9 Å². The van der Waals surface area contributed by atoms with Gasteiger partial charge in [0, 0.05) is 0 Å². The fraction of sp³-hybridized carbons (Fsp3) is 0.118. The molecule has 1 heterocycles. The lowest BCUT2D eigenvalue weighted by Gasteiger charge is -2.13. The number of primary amides is 1. The minimum absolute atomic E-state index is 0.383. The molecule has 0 saturated heterocycles. The predicted octanol–water partition coefficient (Wildman–Crippen LogP) is 1.99. The summed E-state index contributed by atoms with van der Waals surface area (Å²) in [6.45, 7) is 0. The van der Waals surface area contributed by atoms with E-state index in [-0.39, 0.29) is 0 Å². The van der Waals surface area contributed by atoms with Gasteiger partial charge in [-0.2, -0.15) is 0 Å². The summed E-state index contributed by atoms with van der Waals surface area (Å²) in [5, 5.41) is 8.01. The van der Waals surface area contributed by atoms with Crippen molar-refractivity contribution in [3.8, 4) is 17.1 Å². The molecule has 4 N–H and O–H groups in total. The summed E-state index contributed by atoms with van der Waals surface area (Å²) in [6, 6.07) is 16.6. The largest absolute Gasteiger partial charge is 0.496 e. The lowest BCUT2D eigenvalue weighted by atomic mass is 10.1. The van der Waals surface area contributed by atoms with Crippen LogP contribution in [0.25, 0.3) is 11.4 Å². The smallest absolute Gasteiger partial charge is 0.235 e. The number of nitrogens with two attached hydrogens (primary N) is 2. The van der Waals surface area contributed by atoms with Gasteiger partial charge in [0.25, 0.3) is 0 Å². The molecule has 0 aliphatic heterocycles. The number of thioether (sulfide) groups is 1. The molecule has 0 saturated carbocycles. The molecule has 1 amide bonds. The van der Waals surface area contributed by atoms with Crippen LogP contribution in [0.2, 0.25) is 0 Å². The molecule has 0 aliphatic carbocycles. The van der Waals surface area contributed by atoms with Gasteiger partial charge in [0.2, 0.25) is 11.1 Å². The fourth-order valence-electron chi connectivity index (χ4n) is 2.39. The second kappa shape index (κ2) is 7.27. The number of carbonyl (C=O) groups excluding carboxylic acids is 1. The van der Waals surface area contributed by atoms with Gasteiger partial charge in [-0.15, -0.1) is 10.2 Å². The average molecular weight is 355 g/mol. The molecule has 0 radical (unpaired) electrons. The second-order valence-electron chi connectivity index (χ2n) is 5.19. The van der Waals surface area contributed by atoms with Crippen molar-refractivity contribution in [3.05, 3.63) is 60.2 Å². The fourth-order valence-corrected chi connectivity index (χ4v) is 3.30. The molecule has 1 atom stereocenters. The molecule has 1 aromatic heterocycles. The maximum absolute atomic E-state index is 11.9. The first kappa shape index (κ1) is 16.8. The Morgan fingerprint density at radius 1 is 1.12 bits per heavy atom. The van der Waals surface area contributed by atoms with Gasteiger partial charge in [-0.05, 0) is 17.7 Å². The zero-order chi connectivity index (χ0) is 17.8. The van der Waals surface area contributed by atoms with Gasteiger partial charge in [0.15, 0.2) is 5.82 Å². The summed E-state index contributed by atoms with van der Waals surface area (Å²) >= 11 is 1.15. The van der Waals surface area contributed by atoms with Crippen LogP contribution in [0.1, 0.15) is 10.8 Å². The second-order valence-corrected chi connectivity index (χ2v) is 6.26. The summed E-state index contributed by atoms with van der Waals surface area (Å²) < 4.78 is 6.67. The summed E-state index contributed by atoms with van der Waals surface area (Å²) in [7, 11) is 1.57. The molecule has 3 rings (SSSR count). The molecular formula is C17H17N5O2S. The van der Waals surface area contributed by atoms with Crippen LogP contribution < -0.4 is 16.3 Å². The van der Waals surface area contributed by atoms with Crippen molar-refractivity contribution >= 4 is 17.7 Å². The number of aromatic nitrogens is 3. The van der Waals surface area contributed by atoms with E-state index in [0.717, 1.165) is 17.3 Å². The van der Waals surface area contributed by atoms with Gasteiger partial charge in [-0.3, -0.25) is 4.79 Å². The zero-order valence-corrected chi connectivity index (χ0v) is 14.3. The van der Waals surface area contributed by atoms with E-state index in [4.69, 9.17) is 16.3 Å². The molecular weight excluding hydrogens is 338 g/mol. The van der Waals surface area contributed by atoms with Crippen molar-refractivity contribution in [2.24, 2.45) is 5.73 Å². The minimum atomic E-state index is -0.613. The monoisotopic (exact) mass is 355 g/mol. The number of hydrogen-bond acceptors (Lipinski definition) is 6. The normalized spacial score (nSPS) is 11.9. The SMILES string of the molecule is COc1ccccc1-c1nnc(SC(C(N)=O)c2ccccc2)n1N. The number of amides is 1. The average Bonchev–Trinajstić information content (AvgIpc) is 3.00. The zero-order valence-electron chi connectivity index (χ0n) is 13.5. The maximum Gasteiger partial charge on any atom is 0.235 e. The minimum Gasteiger partial charge on any atom is -0.496 e. The maximum atomic E-state index is 11.9. The van der Waals surface area contributed by atoms with Crippen molar-refractivity contribution in [2.45, 2.75) is 10.4 Å². The van der Waals surface area contributed by atoms with Gasteiger partial charge < -0.3 is 16.3 Å². The van der Waals surface area contributed by atoms with Crippen molar-refractivity contribution in [1.82, 2.24) is 14.9 Å². The predicted molar refractivity (Wildman–Crippen MR) is 96.4 cm³/mol. The van der Waals surface area contributed by atoms with Gasteiger partial charge in [-0.25, -0.2) is 4.68 Å². The van der Waals surface area contributed by atoms with Crippen LogP contribution in [-0.2, 0) is 4.79 Å². The number of benzene rings is 2. The quantitative estimate of drug-likeness (QED) is 0.517. The Morgan fingerprint density at radius 2 is 1.80 bits per heavy atom. The Balaban J connectivity index is 1.94. The first-order chi connectivity index (χ1) is 12.1. The molecule has 25 heavy (non-hydrogen) atoms. The van der Waals surface area contributed by atoms with E-state index in [0.29, 0.717) is 22.3 Å². The lowest BCUT2D eigenvalue weighted by Crippen LogP contribution is -2.20. The highest BCUT2D eigenvalue weighted by atomic mass is 32.2. The van der Waals surface area contributed by atoms with Crippen LogP contribution in [0.15, 0.2) is 59.8 Å². The highest BCUT2D eigenvalue weighted by molar-refractivity contribution is 8.00. The Labute approximate surface area is 149 Å². The van der Waals surface area contributed by atoms with Crippen molar-refractivity contribution in [3.63, 3.8) is 0 Å². The Kier molecular flexibility index (Phi) is 4.90. The number of nitrogens with zero attached hydrogens (tertiary/aromatic N) is 3. The first-order valence-electron chi connectivity index (χ1n) is 7.46. The number of hydrogen-bond donors (Lipinski definition) is 2. The Hall–Kier alpha value is -3.00. The van der Waals surface area contributed by atoms with Crippen molar-refractivity contribution in [2.75, 3.05) is 13.0 Å². The van der Waals surface area contributed by atoms with Crippen LogP contribution in [0, 0.1) is 0 Å². The summed E-state index contributed by atoms with van der Waals surface area (Å²) in [6.07, 6.45) is 0. The molecule has 0 aliphatic rings. The van der Waals surface area contributed by atoms with Gasteiger partial charge in [0.05, 0.1) is 12.7 Å². The number of carbonyl (C=O) groups is 1. The molecule has 3 aromatic rings. The topological polar surface area (TPSA) is 109 Å². The highest BCUT2D eigenvalue weighted by Crippen LogP contribution is 2.35. The number of para-hydroxylation sites is 1. The van der Waals surface area contributed by atoms with Gasteiger partial charge in [0.1, 0.15) is 11.0 Å². The molecule has 0 fully saturated rings. The summed E-state index contributed by atoms with van der Waals surface area (Å²) in [4.78, 5) is 11.9. The molecule has 7 nitrogen and oxygen atoms in total. The molecule has 2 aromatic carbocycles. The van der Waals surface area contributed by atoms with Crippen molar-refractivity contribution < 1.29 is 9.53 Å². The number of nitrogen functional groups attached to an aromatic ring is 1. The number of methoxy groups -OCH3 is 1. The van der Waals surface area contributed by atoms with Crippen LogP contribution in [0.3, 0.4) is 0 Å². The van der Waals surface area contributed by atoms with Crippen LogP contribution in [0.5, 0.6) is 5.75 Å². The number of ether oxygens (including phenoxy) is 1. The first-order valence-corrected chi connectivity index (χ1v) is 8.34. The molecule has 8 heteroatoms. The Bertz CT molecular complexity index is 882. The molecule has 1 unspecified atom stereocenters. The third kappa shape index (κ3) is 3.43. The highest BCUT2D eigenvalue weighted by Gasteiger charge is 2.24. The van der Waals surface area contributed by atoms with Crippen LogP contribution >= 0.6 is 11.8 Å². The van der Waals surface area contributed by atoms with E-state index in [1.54, 1.807) is 7.11 Å². The van der Waals surface area contributed by atoms with E-state index in [9.17, 15) is 4.79 Å². The third-order valence-corrected chi connectivity index (χ3v) is 4.83. The molecule has 0 spiro atoms. The van der Waals surface area contributed by atoms with Gasteiger partial charge in [-0.1, -0.05) is 54.2 Å². The van der Waals surface area contributed by atoms with Gasteiger partial charge >= 0.3 is 0 Å². The van der Waals surface area contributed by atoms with E-state index in [1.807, 2.05) is 54.6 Å². The standard InChI is InChI=1S/C17H17N5O2S/c1-24-13-10-6-5-9-12(13)16-20-21-17(22(16)19)25-14(15(18)23)11-7-3-2-4-8-11/h2-10,14H,19H2,1H3,(H2,18,23). The Morgan fingerprint density at radius 3 is 2.48 bits per heavy atom. The van der Waals surface area contributed by atoms with E-state index in [2.05, 4.69) is 10.2 Å². The summed E-state index contributed by atoms with van der Waals surface area (Å²) in [5.74, 6) is 6.75. The van der Waals surface area contributed by atoms with E-state index >= 15 is 0 Å². The third-order valence-electron chi connectivity index (χ3n) is 3.60. The molecule has 0 bridgehead atoms. The van der Waals surface area contributed by atoms with E-state index in [1.165, 1.54) is 4.68 Å². The number of rotatable bonds is 6.